The van der Waals surface area contributed by atoms with Crippen molar-refractivity contribution in [1.29, 1.82) is 0 Å². The number of hydrogen-bond donors (Lipinski definition) is 2. The number of pyridine rings is 1. The molecule has 3 aromatic rings. The van der Waals surface area contributed by atoms with E-state index >= 15 is 0 Å². The van der Waals surface area contributed by atoms with Gasteiger partial charge in [-0.25, -0.2) is 19.7 Å². The van der Waals surface area contributed by atoms with Gasteiger partial charge in [0.15, 0.2) is 5.82 Å². The Bertz CT molecular complexity index is 1560. The van der Waals surface area contributed by atoms with Gasteiger partial charge in [-0.3, -0.25) is 4.79 Å². The van der Waals surface area contributed by atoms with Crippen LogP contribution in [0.5, 0.6) is 0 Å². The number of likely N-dealkylation sites (N-methyl/N-ethyl adjacent to an activating group) is 1. The van der Waals surface area contributed by atoms with E-state index in [-0.39, 0.29) is 24.6 Å². The standard InChI is InChI=1S/C28H30N6O4/c1-27(2,3)38-26(36)34-12-9-21(34)19-15-20(32-23-22(19)30-16-31-24(23)29)18-7-5-6-17(14-18)8-10-28(37)11-13-33(4)25(28)35/h5-7,14-16,21,37H,9,11-13H2,1-4H3,(H2,29,30,31)/t21?,28-/m0/s1/i16D. The van der Waals surface area contributed by atoms with Crippen LogP contribution in [0.4, 0.5) is 10.6 Å². The lowest BCUT2D eigenvalue weighted by Gasteiger charge is -2.41. The van der Waals surface area contributed by atoms with E-state index in [9.17, 15) is 14.7 Å². The number of anilines is 1. The predicted octanol–water partition coefficient (Wildman–Crippen LogP) is 2.90. The third-order valence-corrected chi connectivity index (χ3v) is 6.69. The summed E-state index contributed by atoms with van der Waals surface area (Å²) in [6, 6.07) is 8.76. The molecule has 2 fully saturated rings. The van der Waals surface area contributed by atoms with Gasteiger partial charge >= 0.3 is 6.09 Å². The Morgan fingerprint density at radius 3 is 2.71 bits per heavy atom. The number of rotatable bonds is 2. The summed E-state index contributed by atoms with van der Waals surface area (Å²) in [4.78, 5) is 41.2. The average Bonchev–Trinajstić information content (AvgIpc) is 3.09. The van der Waals surface area contributed by atoms with Gasteiger partial charge in [-0.05, 0) is 45.4 Å². The molecule has 2 atom stereocenters. The molecule has 1 unspecified atom stereocenters. The molecular formula is C28H30N6O4. The van der Waals surface area contributed by atoms with Crippen molar-refractivity contribution < 1.29 is 20.8 Å². The van der Waals surface area contributed by atoms with Crippen LogP contribution in [0.25, 0.3) is 22.3 Å². The fourth-order valence-electron chi connectivity index (χ4n) is 4.59. The quantitative estimate of drug-likeness (QED) is 0.498. The third-order valence-electron chi connectivity index (χ3n) is 6.69. The molecule has 5 rings (SSSR count). The zero-order valence-corrected chi connectivity index (χ0v) is 21.8. The summed E-state index contributed by atoms with van der Waals surface area (Å²) in [6.07, 6.45) is 0.265. The Morgan fingerprint density at radius 1 is 1.26 bits per heavy atom. The second-order valence-corrected chi connectivity index (χ2v) is 10.6. The van der Waals surface area contributed by atoms with Crippen molar-refractivity contribution in [3.8, 4) is 23.1 Å². The zero-order chi connectivity index (χ0) is 28.1. The van der Waals surface area contributed by atoms with Crippen LogP contribution in [0.15, 0.2) is 36.6 Å². The first-order valence-electron chi connectivity index (χ1n) is 12.9. The van der Waals surface area contributed by atoms with Gasteiger partial charge in [-0.15, -0.1) is 0 Å². The molecule has 2 saturated heterocycles. The summed E-state index contributed by atoms with van der Waals surface area (Å²) in [7, 11) is 1.64. The highest BCUT2D eigenvalue weighted by Crippen LogP contribution is 2.39. The van der Waals surface area contributed by atoms with Crippen LogP contribution in [-0.2, 0) is 9.53 Å². The molecular weight excluding hydrogens is 484 g/mol. The summed E-state index contributed by atoms with van der Waals surface area (Å²) >= 11 is 0. The summed E-state index contributed by atoms with van der Waals surface area (Å²) in [5, 5.41) is 10.7. The fourth-order valence-corrected chi connectivity index (χ4v) is 4.59. The van der Waals surface area contributed by atoms with Crippen LogP contribution < -0.4 is 5.73 Å². The molecule has 10 heteroatoms. The number of fused-ring (bicyclic) bond motifs is 1. The number of carbonyl (C=O) groups is 2. The molecule has 10 nitrogen and oxygen atoms in total. The first-order chi connectivity index (χ1) is 18.3. The van der Waals surface area contributed by atoms with E-state index in [1.54, 1.807) is 30.1 Å². The second-order valence-electron chi connectivity index (χ2n) is 10.6. The van der Waals surface area contributed by atoms with Gasteiger partial charge in [0.05, 0.1) is 17.3 Å². The van der Waals surface area contributed by atoms with Crippen LogP contribution in [0, 0.1) is 11.8 Å². The maximum Gasteiger partial charge on any atom is 0.410 e. The Balaban J connectivity index is 1.56. The van der Waals surface area contributed by atoms with Gasteiger partial charge in [-0.2, -0.15) is 0 Å². The summed E-state index contributed by atoms with van der Waals surface area (Å²) in [5.74, 6) is 5.32. The second kappa shape index (κ2) is 9.26. The Morgan fingerprint density at radius 2 is 2.05 bits per heavy atom. The molecule has 4 heterocycles. The van der Waals surface area contributed by atoms with E-state index in [0.29, 0.717) is 52.9 Å². The van der Waals surface area contributed by atoms with E-state index in [1.165, 1.54) is 4.90 Å². The number of hydrogen-bond acceptors (Lipinski definition) is 8. The SMILES string of the molecule is [2H]c1nc(N)c2nc(-c3cccc(C#C[C@]4(O)CCN(C)C4=O)c3)cc(C3CCN3C(=O)OC(C)(C)C)c2n1. The van der Waals surface area contributed by atoms with E-state index in [4.69, 9.17) is 16.8 Å². The lowest BCUT2D eigenvalue weighted by atomic mass is 9.92. The molecule has 2 aliphatic rings. The maximum atomic E-state index is 12.9. The van der Waals surface area contributed by atoms with Gasteiger partial charge in [0.25, 0.3) is 5.91 Å². The summed E-state index contributed by atoms with van der Waals surface area (Å²) < 4.78 is 13.6. The third kappa shape index (κ3) is 4.73. The number of aromatic nitrogens is 3. The number of benzene rings is 1. The van der Waals surface area contributed by atoms with Crippen LogP contribution in [0.2, 0.25) is 0 Å². The van der Waals surface area contributed by atoms with Crippen molar-refractivity contribution in [3.63, 3.8) is 0 Å². The van der Waals surface area contributed by atoms with Crippen LogP contribution in [0.1, 0.15) is 52.2 Å². The highest BCUT2D eigenvalue weighted by atomic mass is 16.6. The van der Waals surface area contributed by atoms with Crippen LogP contribution >= 0.6 is 0 Å². The molecule has 3 N–H and O–H groups in total. The largest absolute Gasteiger partial charge is 0.444 e. The predicted molar refractivity (Wildman–Crippen MR) is 142 cm³/mol. The van der Waals surface area contributed by atoms with Crippen molar-refractivity contribution in [2.75, 3.05) is 25.9 Å². The number of amides is 2. The number of carbonyl (C=O) groups excluding carboxylic acids is 2. The molecule has 2 amide bonds. The summed E-state index contributed by atoms with van der Waals surface area (Å²) in [5.41, 5.74) is 7.13. The Labute approximate surface area is 222 Å². The lowest BCUT2D eigenvalue weighted by molar-refractivity contribution is -0.137. The number of nitrogen functional groups attached to an aromatic ring is 1. The first kappa shape index (κ1) is 24.1. The van der Waals surface area contributed by atoms with E-state index in [1.807, 2.05) is 32.9 Å². The summed E-state index contributed by atoms with van der Waals surface area (Å²) in [6.45, 7) is 6.41. The van der Waals surface area contributed by atoms with Crippen molar-refractivity contribution >= 4 is 28.9 Å². The van der Waals surface area contributed by atoms with Crippen LogP contribution in [-0.4, -0.2) is 73.2 Å². The van der Waals surface area contributed by atoms with Gasteiger partial charge in [0.1, 0.15) is 18.8 Å². The van der Waals surface area contributed by atoms with Gasteiger partial charge < -0.3 is 25.4 Å². The molecule has 0 radical (unpaired) electrons. The average molecular weight is 516 g/mol. The lowest BCUT2D eigenvalue weighted by Crippen LogP contribution is -2.47. The van der Waals surface area contributed by atoms with E-state index in [0.717, 1.165) is 0 Å². The Kier molecular flexibility index (Phi) is 5.88. The smallest absolute Gasteiger partial charge is 0.410 e. The fraction of sp³-hybridized carbons (Fsp3) is 0.393. The van der Waals surface area contributed by atoms with Gasteiger partial charge in [-0.1, -0.05) is 24.0 Å². The van der Waals surface area contributed by atoms with Crippen LogP contribution in [0.3, 0.4) is 0 Å². The van der Waals surface area contributed by atoms with Gasteiger partial charge in [0.2, 0.25) is 5.60 Å². The van der Waals surface area contributed by atoms with Crippen molar-refractivity contribution in [2.24, 2.45) is 0 Å². The molecule has 1 aromatic carbocycles. The number of likely N-dealkylation sites (tertiary alicyclic amines) is 2. The van der Waals surface area contributed by atoms with E-state index in [2.05, 4.69) is 21.8 Å². The number of ether oxygens (including phenoxy) is 1. The highest BCUT2D eigenvalue weighted by molar-refractivity contribution is 5.91. The number of nitrogens with two attached hydrogens (primary N) is 1. The molecule has 0 bridgehead atoms. The molecule has 0 saturated carbocycles. The molecule has 38 heavy (non-hydrogen) atoms. The van der Waals surface area contributed by atoms with Crippen molar-refractivity contribution in [3.05, 3.63) is 47.8 Å². The monoisotopic (exact) mass is 515 g/mol. The molecule has 2 aromatic heterocycles. The molecule has 196 valence electrons. The topological polar surface area (TPSA) is 135 Å². The highest BCUT2D eigenvalue weighted by Gasteiger charge is 2.42. The first-order valence-corrected chi connectivity index (χ1v) is 12.4. The normalized spacial score (nSPS) is 21.6. The molecule has 0 aliphatic carbocycles. The molecule has 2 aliphatic heterocycles. The minimum Gasteiger partial charge on any atom is -0.444 e. The maximum absolute atomic E-state index is 12.9. The number of aliphatic hydroxyl groups is 1. The zero-order valence-electron chi connectivity index (χ0n) is 22.8. The Hall–Kier alpha value is -4.23. The number of nitrogens with zero attached hydrogens (tertiary/aromatic N) is 5. The van der Waals surface area contributed by atoms with Crippen molar-refractivity contribution in [1.82, 2.24) is 24.8 Å². The van der Waals surface area contributed by atoms with Gasteiger partial charge in [0, 0.05) is 43.2 Å². The minimum absolute atomic E-state index is 0.0678. The van der Waals surface area contributed by atoms with E-state index < -0.39 is 23.2 Å². The molecule has 0 spiro atoms. The van der Waals surface area contributed by atoms with Crippen molar-refractivity contribution in [2.45, 2.75) is 50.9 Å². The minimum atomic E-state index is -1.70.